The van der Waals surface area contributed by atoms with Gasteiger partial charge in [-0.05, 0) is 62.4 Å². The lowest BCUT2D eigenvalue weighted by atomic mass is 9.87. The number of aliphatic hydroxyl groups is 3. The molecule has 0 heterocycles. The maximum absolute atomic E-state index is 10.5. The van der Waals surface area contributed by atoms with Gasteiger partial charge in [-0.25, -0.2) is 0 Å². The van der Waals surface area contributed by atoms with E-state index in [2.05, 4.69) is 19.6 Å². The van der Waals surface area contributed by atoms with Gasteiger partial charge in [0.2, 0.25) is 0 Å². The number of unbranched alkanes of at least 4 members (excludes halogenated alkanes) is 1. The fraction of sp³-hybridized carbons (Fsp3) is 0.700. The molecule has 0 spiro atoms. The minimum absolute atomic E-state index is 0.132. The number of rotatable bonds is 9. The third-order valence-corrected chi connectivity index (χ3v) is 5.50. The van der Waals surface area contributed by atoms with Gasteiger partial charge in [0, 0.05) is 12.5 Å². The van der Waals surface area contributed by atoms with Crippen LogP contribution < -0.4 is 0 Å². The molecule has 0 aromatic carbocycles. The van der Waals surface area contributed by atoms with Gasteiger partial charge in [-0.2, -0.15) is 0 Å². The Morgan fingerprint density at radius 1 is 1.48 bits per heavy atom. The molecule has 0 saturated heterocycles. The van der Waals surface area contributed by atoms with Crippen LogP contribution in [0.4, 0.5) is 0 Å². The lowest BCUT2D eigenvalue weighted by Gasteiger charge is -2.21. The Bertz CT molecular complexity index is 452. The van der Waals surface area contributed by atoms with Crippen LogP contribution in [0.3, 0.4) is 0 Å². The Hall–Kier alpha value is -1.06. The normalized spacial score (nSPS) is 31.8. The second-order valence-electron chi connectivity index (χ2n) is 7.35. The molecule has 3 nitrogen and oxygen atoms in total. The van der Waals surface area contributed by atoms with Crippen molar-refractivity contribution in [2.24, 2.45) is 23.7 Å². The Morgan fingerprint density at radius 2 is 2.26 bits per heavy atom. The lowest BCUT2D eigenvalue weighted by molar-refractivity contribution is 0.108. The average molecular weight is 320 g/mol. The third-order valence-electron chi connectivity index (χ3n) is 5.50. The number of hydrogen-bond donors (Lipinski definition) is 3. The standard InChI is InChI=1S/C20H32O3/c1-3-4-5-6-14(2)7-8-18(22)20-17-12-15(9-10-21)11-16(17)13-19(20)23/h3,8,11,14,16-17,19-23H,1,4-7,9-10,12-13H2,2H3/t14?,16-,17-,19-,20+/m1/s1. The molecule has 1 fully saturated rings. The molecule has 0 aliphatic heterocycles. The zero-order chi connectivity index (χ0) is 16.8. The predicted molar refractivity (Wildman–Crippen MR) is 94.0 cm³/mol. The number of allylic oxidation sites excluding steroid dienone is 3. The summed E-state index contributed by atoms with van der Waals surface area (Å²) in [5.41, 5.74) is 1.28. The van der Waals surface area contributed by atoms with E-state index in [4.69, 9.17) is 5.11 Å². The van der Waals surface area contributed by atoms with Crippen molar-refractivity contribution in [3.8, 4) is 0 Å². The van der Waals surface area contributed by atoms with E-state index < -0.39 is 6.10 Å². The molecular formula is C20H32O3. The van der Waals surface area contributed by atoms with Crippen LogP contribution >= 0.6 is 0 Å². The van der Waals surface area contributed by atoms with Gasteiger partial charge in [0.25, 0.3) is 0 Å². The average Bonchev–Trinajstić information content (AvgIpc) is 3.01. The summed E-state index contributed by atoms with van der Waals surface area (Å²) in [6.45, 7) is 6.13. The molecule has 1 saturated carbocycles. The van der Waals surface area contributed by atoms with Crippen molar-refractivity contribution in [3.63, 3.8) is 0 Å². The molecule has 0 aromatic rings. The Balaban J connectivity index is 1.90. The van der Waals surface area contributed by atoms with E-state index in [1.807, 2.05) is 12.2 Å². The Kier molecular flexibility index (Phi) is 6.91. The molecular weight excluding hydrogens is 288 g/mol. The fourth-order valence-electron chi connectivity index (χ4n) is 4.23. The van der Waals surface area contributed by atoms with E-state index in [1.54, 1.807) is 0 Å². The van der Waals surface area contributed by atoms with E-state index in [-0.39, 0.29) is 12.5 Å². The minimum atomic E-state index is -0.441. The van der Waals surface area contributed by atoms with Crippen molar-refractivity contribution in [2.75, 3.05) is 6.61 Å². The summed E-state index contributed by atoms with van der Waals surface area (Å²) < 4.78 is 0. The molecule has 0 bridgehead atoms. The predicted octanol–water partition coefficient (Wildman–Crippen LogP) is 4.14. The number of hydrogen-bond acceptors (Lipinski definition) is 3. The second-order valence-corrected chi connectivity index (χ2v) is 7.35. The summed E-state index contributed by atoms with van der Waals surface area (Å²) in [5.74, 6) is 1.45. The van der Waals surface area contributed by atoms with Gasteiger partial charge in [0.15, 0.2) is 0 Å². The fourth-order valence-corrected chi connectivity index (χ4v) is 4.23. The van der Waals surface area contributed by atoms with E-state index in [0.29, 0.717) is 23.5 Å². The summed E-state index contributed by atoms with van der Waals surface area (Å²) >= 11 is 0. The molecule has 3 N–H and O–H groups in total. The summed E-state index contributed by atoms with van der Waals surface area (Å²) in [6, 6.07) is 0. The third kappa shape index (κ3) is 4.71. The van der Waals surface area contributed by atoms with Crippen molar-refractivity contribution in [3.05, 3.63) is 36.1 Å². The summed E-state index contributed by atoms with van der Waals surface area (Å²) in [5, 5.41) is 29.9. The minimum Gasteiger partial charge on any atom is -0.512 e. The first-order valence-electron chi connectivity index (χ1n) is 9.05. The Labute approximate surface area is 140 Å². The summed E-state index contributed by atoms with van der Waals surface area (Å²) in [6.07, 6.45) is 12.2. The molecule has 1 unspecified atom stereocenters. The van der Waals surface area contributed by atoms with E-state index in [1.165, 1.54) is 5.57 Å². The molecule has 3 heteroatoms. The van der Waals surface area contributed by atoms with Crippen LogP contribution in [-0.2, 0) is 0 Å². The van der Waals surface area contributed by atoms with E-state index in [9.17, 15) is 10.2 Å². The number of fused-ring (bicyclic) bond motifs is 1. The quantitative estimate of drug-likeness (QED) is 0.340. The molecule has 5 atom stereocenters. The van der Waals surface area contributed by atoms with Crippen LogP contribution in [-0.4, -0.2) is 28.0 Å². The topological polar surface area (TPSA) is 60.7 Å². The van der Waals surface area contributed by atoms with E-state index >= 15 is 0 Å². The van der Waals surface area contributed by atoms with Gasteiger partial charge in [-0.15, -0.1) is 6.58 Å². The van der Waals surface area contributed by atoms with Crippen LogP contribution in [0, 0.1) is 23.7 Å². The molecule has 23 heavy (non-hydrogen) atoms. The van der Waals surface area contributed by atoms with Gasteiger partial charge in [-0.1, -0.05) is 31.1 Å². The van der Waals surface area contributed by atoms with Crippen molar-refractivity contribution >= 4 is 0 Å². The van der Waals surface area contributed by atoms with Crippen LogP contribution in [0.15, 0.2) is 36.1 Å². The highest BCUT2D eigenvalue weighted by atomic mass is 16.3. The molecule has 2 aliphatic rings. The largest absolute Gasteiger partial charge is 0.512 e. The van der Waals surface area contributed by atoms with Crippen molar-refractivity contribution < 1.29 is 15.3 Å². The first-order valence-corrected chi connectivity index (χ1v) is 9.05. The number of aliphatic hydroxyl groups excluding tert-OH is 3. The highest BCUT2D eigenvalue weighted by Crippen LogP contribution is 2.49. The Morgan fingerprint density at radius 3 is 2.96 bits per heavy atom. The SMILES string of the molecule is C=CCCCC(C)CC=C(O)[C@@H]1[C@@H]2CC(CCO)=C[C@@H]2C[C@H]1O. The smallest absolute Gasteiger partial charge is 0.0942 e. The van der Waals surface area contributed by atoms with Crippen LogP contribution in [0.5, 0.6) is 0 Å². The first kappa shape index (κ1) is 18.3. The highest BCUT2D eigenvalue weighted by Gasteiger charge is 2.46. The van der Waals surface area contributed by atoms with Gasteiger partial charge < -0.3 is 15.3 Å². The summed E-state index contributed by atoms with van der Waals surface area (Å²) in [4.78, 5) is 0. The molecule has 130 valence electrons. The van der Waals surface area contributed by atoms with Gasteiger partial charge in [0.1, 0.15) is 0 Å². The van der Waals surface area contributed by atoms with Crippen LogP contribution in [0.25, 0.3) is 0 Å². The highest BCUT2D eigenvalue weighted by molar-refractivity contribution is 5.22. The van der Waals surface area contributed by atoms with Gasteiger partial charge in [0.05, 0.1) is 11.9 Å². The van der Waals surface area contributed by atoms with Crippen molar-refractivity contribution in [1.29, 1.82) is 0 Å². The lowest BCUT2D eigenvalue weighted by Crippen LogP contribution is -2.22. The second kappa shape index (κ2) is 8.70. The van der Waals surface area contributed by atoms with Crippen molar-refractivity contribution in [1.82, 2.24) is 0 Å². The van der Waals surface area contributed by atoms with Gasteiger partial charge in [-0.3, -0.25) is 0 Å². The molecule has 0 radical (unpaired) electrons. The first-order chi connectivity index (χ1) is 11.1. The van der Waals surface area contributed by atoms with Crippen LogP contribution in [0.2, 0.25) is 0 Å². The molecule has 2 aliphatic carbocycles. The van der Waals surface area contributed by atoms with Crippen molar-refractivity contribution in [2.45, 2.75) is 58.0 Å². The zero-order valence-electron chi connectivity index (χ0n) is 14.3. The summed E-state index contributed by atoms with van der Waals surface area (Å²) in [7, 11) is 0. The maximum atomic E-state index is 10.5. The van der Waals surface area contributed by atoms with E-state index in [0.717, 1.165) is 44.9 Å². The molecule has 0 aromatic heterocycles. The monoisotopic (exact) mass is 320 g/mol. The maximum Gasteiger partial charge on any atom is 0.0942 e. The van der Waals surface area contributed by atoms with Crippen LogP contribution in [0.1, 0.15) is 51.9 Å². The molecule has 0 amide bonds. The molecule has 2 rings (SSSR count). The zero-order valence-corrected chi connectivity index (χ0v) is 14.3. The van der Waals surface area contributed by atoms with Gasteiger partial charge >= 0.3 is 0 Å².